The maximum absolute atomic E-state index is 11.3. The number of benzene rings is 1. The van der Waals surface area contributed by atoms with Gasteiger partial charge in [-0.3, -0.25) is 0 Å². The molecular weight excluding hydrogens is 320 g/mol. The van der Waals surface area contributed by atoms with Crippen LogP contribution in [0.4, 0.5) is 0 Å². The lowest BCUT2D eigenvalue weighted by Gasteiger charge is -2.04. The molecular formula is C14H20N4O2S2. The number of hydrogen-bond donors (Lipinski definition) is 1. The van der Waals surface area contributed by atoms with E-state index >= 15 is 0 Å². The van der Waals surface area contributed by atoms with Crippen LogP contribution in [0.2, 0.25) is 0 Å². The minimum atomic E-state index is -3.13. The number of hydrogen-bond acceptors (Lipinski definition) is 5. The van der Waals surface area contributed by atoms with Crippen LogP contribution in [0, 0.1) is 6.92 Å². The Balaban J connectivity index is 1.98. The Labute approximate surface area is 135 Å². The first-order valence-corrected chi connectivity index (χ1v) is 9.57. The molecule has 8 heteroatoms. The number of aryl methyl sites for hydroxylation is 1. The van der Waals surface area contributed by atoms with Crippen molar-refractivity contribution in [3.05, 3.63) is 29.8 Å². The van der Waals surface area contributed by atoms with E-state index in [0.29, 0.717) is 12.2 Å². The van der Waals surface area contributed by atoms with Crippen LogP contribution < -0.4 is 4.72 Å². The van der Waals surface area contributed by atoms with Crippen LogP contribution in [0.5, 0.6) is 0 Å². The molecule has 1 heterocycles. The highest BCUT2D eigenvalue weighted by molar-refractivity contribution is 7.99. The van der Waals surface area contributed by atoms with Gasteiger partial charge >= 0.3 is 0 Å². The van der Waals surface area contributed by atoms with Crippen molar-refractivity contribution < 1.29 is 8.42 Å². The Morgan fingerprint density at radius 1 is 1.23 bits per heavy atom. The van der Waals surface area contributed by atoms with Gasteiger partial charge in [0.1, 0.15) is 0 Å². The Bertz CT molecular complexity index is 724. The first-order valence-electron chi connectivity index (χ1n) is 6.93. The molecule has 0 aliphatic heterocycles. The molecule has 1 N–H and O–H groups in total. The van der Waals surface area contributed by atoms with E-state index < -0.39 is 10.0 Å². The summed E-state index contributed by atoms with van der Waals surface area (Å²) in [7, 11) is 0.216. The Morgan fingerprint density at radius 3 is 2.55 bits per heavy atom. The van der Waals surface area contributed by atoms with Gasteiger partial charge in [-0.1, -0.05) is 41.6 Å². The molecule has 0 bridgehead atoms. The fourth-order valence-electron chi connectivity index (χ4n) is 1.91. The van der Waals surface area contributed by atoms with Crippen molar-refractivity contribution in [3.63, 3.8) is 0 Å². The van der Waals surface area contributed by atoms with Crippen molar-refractivity contribution in [2.75, 3.05) is 18.6 Å². The minimum absolute atomic E-state index is 0.124. The molecule has 22 heavy (non-hydrogen) atoms. The molecule has 0 saturated carbocycles. The molecule has 0 spiro atoms. The molecule has 120 valence electrons. The van der Waals surface area contributed by atoms with Crippen molar-refractivity contribution in [2.45, 2.75) is 18.5 Å². The number of aromatic nitrogens is 3. The zero-order valence-corrected chi connectivity index (χ0v) is 14.5. The highest BCUT2D eigenvalue weighted by Crippen LogP contribution is 2.23. The fourth-order valence-corrected chi connectivity index (χ4v) is 3.67. The van der Waals surface area contributed by atoms with E-state index in [0.717, 1.165) is 16.5 Å². The van der Waals surface area contributed by atoms with E-state index in [-0.39, 0.29) is 5.75 Å². The topological polar surface area (TPSA) is 76.9 Å². The van der Waals surface area contributed by atoms with Gasteiger partial charge in [0.05, 0.1) is 5.75 Å². The summed E-state index contributed by atoms with van der Waals surface area (Å²) < 4.78 is 26.9. The zero-order chi connectivity index (χ0) is 16.2. The molecule has 0 radical (unpaired) electrons. The summed E-state index contributed by atoms with van der Waals surface area (Å²) in [6, 6.07) is 8.12. The number of nitrogens with zero attached hydrogens (tertiary/aromatic N) is 3. The quantitative estimate of drug-likeness (QED) is 0.614. The van der Waals surface area contributed by atoms with Crippen LogP contribution in [0.15, 0.2) is 29.4 Å². The molecule has 0 amide bonds. The van der Waals surface area contributed by atoms with Crippen molar-refractivity contribution in [1.82, 2.24) is 19.5 Å². The molecule has 1 aromatic carbocycles. The predicted molar refractivity (Wildman–Crippen MR) is 89.4 cm³/mol. The summed E-state index contributed by atoms with van der Waals surface area (Å²) in [5.41, 5.74) is 2.22. The van der Waals surface area contributed by atoms with Gasteiger partial charge in [-0.25, -0.2) is 13.1 Å². The molecule has 2 aromatic rings. The second-order valence-electron chi connectivity index (χ2n) is 4.96. The maximum Gasteiger partial charge on any atom is 0.211 e. The monoisotopic (exact) mass is 340 g/mol. The van der Waals surface area contributed by atoms with E-state index in [1.807, 2.05) is 42.8 Å². The number of rotatable bonds is 7. The van der Waals surface area contributed by atoms with E-state index in [9.17, 15) is 8.42 Å². The van der Waals surface area contributed by atoms with Gasteiger partial charge in [-0.15, -0.1) is 10.2 Å². The van der Waals surface area contributed by atoms with Gasteiger partial charge in [0.15, 0.2) is 11.0 Å². The van der Waals surface area contributed by atoms with Crippen LogP contribution in [0.25, 0.3) is 11.4 Å². The normalized spacial score (nSPS) is 11.8. The van der Waals surface area contributed by atoms with Crippen molar-refractivity contribution >= 4 is 21.8 Å². The van der Waals surface area contributed by atoms with Gasteiger partial charge in [0.2, 0.25) is 10.0 Å². The van der Waals surface area contributed by atoms with Crippen molar-refractivity contribution in [2.24, 2.45) is 7.05 Å². The van der Waals surface area contributed by atoms with E-state index in [4.69, 9.17) is 0 Å². The lowest BCUT2D eigenvalue weighted by atomic mass is 10.1. The highest BCUT2D eigenvalue weighted by Gasteiger charge is 2.12. The third-order valence-electron chi connectivity index (χ3n) is 3.24. The highest BCUT2D eigenvalue weighted by atomic mass is 32.2. The van der Waals surface area contributed by atoms with Crippen LogP contribution in [-0.4, -0.2) is 41.7 Å². The molecule has 0 atom stereocenters. The third kappa shape index (κ3) is 4.31. The molecule has 6 nitrogen and oxygen atoms in total. The van der Waals surface area contributed by atoms with Gasteiger partial charge < -0.3 is 4.57 Å². The lowest BCUT2D eigenvalue weighted by Crippen LogP contribution is -2.22. The van der Waals surface area contributed by atoms with Gasteiger partial charge in [-0.05, 0) is 20.4 Å². The third-order valence-corrected chi connectivity index (χ3v) is 5.80. The smallest absolute Gasteiger partial charge is 0.211 e. The van der Waals surface area contributed by atoms with E-state index in [1.54, 1.807) is 0 Å². The second-order valence-corrected chi connectivity index (χ2v) is 8.06. The predicted octanol–water partition coefficient (Wildman–Crippen LogP) is 1.82. The van der Waals surface area contributed by atoms with Crippen LogP contribution in [-0.2, 0) is 17.1 Å². The summed E-state index contributed by atoms with van der Waals surface area (Å²) in [5, 5.41) is 9.19. The Hall–Kier alpha value is -1.38. The summed E-state index contributed by atoms with van der Waals surface area (Å²) in [6.07, 6.45) is 0.570. The molecule has 0 fully saturated rings. The van der Waals surface area contributed by atoms with Crippen molar-refractivity contribution in [1.29, 1.82) is 0 Å². The summed E-state index contributed by atoms with van der Waals surface area (Å²) >= 11 is 1.51. The lowest BCUT2D eigenvalue weighted by molar-refractivity contribution is 0.587. The number of sulfonamides is 1. The number of thioether (sulfide) groups is 1. The SMILES string of the molecule is CNS(=O)(=O)CCCSc1nnc(-c2ccc(C)cc2)n1C. The molecule has 2 rings (SSSR count). The minimum Gasteiger partial charge on any atom is -0.305 e. The molecule has 0 aliphatic rings. The summed E-state index contributed by atoms with van der Waals surface area (Å²) in [4.78, 5) is 0. The number of nitrogens with one attached hydrogen (secondary N) is 1. The average Bonchev–Trinajstić information content (AvgIpc) is 2.86. The van der Waals surface area contributed by atoms with E-state index in [1.165, 1.54) is 24.4 Å². The van der Waals surface area contributed by atoms with Crippen LogP contribution in [0.3, 0.4) is 0 Å². The van der Waals surface area contributed by atoms with E-state index in [2.05, 4.69) is 14.9 Å². The standard InChI is InChI=1S/C14H20N4O2S2/c1-11-5-7-12(8-6-11)13-16-17-14(18(13)3)21-9-4-10-22(19,20)15-2/h5-8,15H,4,9-10H2,1-3H3. The zero-order valence-electron chi connectivity index (χ0n) is 12.9. The molecule has 0 unspecified atom stereocenters. The molecule has 0 aliphatic carbocycles. The summed E-state index contributed by atoms with van der Waals surface area (Å²) in [6.45, 7) is 2.04. The fraction of sp³-hybridized carbons (Fsp3) is 0.429. The van der Waals surface area contributed by atoms with Crippen LogP contribution in [0.1, 0.15) is 12.0 Å². The Morgan fingerprint density at radius 2 is 1.91 bits per heavy atom. The van der Waals surface area contributed by atoms with Gasteiger partial charge in [0.25, 0.3) is 0 Å². The van der Waals surface area contributed by atoms with Gasteiger partial charge in [0, 0.05) is 18.4 Å². The van der Waals surface area contributed by atoms with Gasteiger partial charge in [-0.2, -0.15) is 0 Å². The maximum atomic E-state index is 11.3. The van der Waals surface area contributed by atoms with Crippen LogP contribution >= 0.6 is 11.8 Å². The Kier molecular flexibility index (Phi) is 5.60. The second kappa shape index (κ2) is 7.26. The first kappa shape index (κ1) is 17.0. The summed E-state index contributed by atoms with van der Waals surface area (Å²) in [5.74, 6) is 1.62. The largest absolute Gasteiger partial charge is 0.305 e. The average molecular weight is 340 g/mol. The molecule has 0 saturated heterocycles. The molecule has 1 aromatic heterocycles. The van der Waals surface area contributed by atoms with Crippen molar-refractivity contribution in [3.8, 4) is 11.4 Å². The first-order chi connectivity index (χ1) is 10.4.